The van der Waals surface area contributed by atoms with Crippen LogP contribution >= 0.6 is 0 Å². The van der Waals surface area contributed by atoms with Crippen molar-refractivity contribution in [1.82, 2.24) is 0 Å². The quantitative estimate of drug-likeness (QED) is 0.594. The van der Waals surface area contributed by atoms with Gasteiger partial charge in [0.05, 0.1) is 6.10 Å². The Hall–Kier alpha value is -0.560. The molecule has 1 aliphatic rings. The second kappa shape index (κ2) is 3.06. The summed E-state index contributed by atoms with van der Waals surface area (Å²) >= 11 is 0. The highest BCUT2D eigenvalue weighted by Crippen LogP contribution is 2.40. The van der Waals surface area contributed by atoms with Crippen LogP contribution in [0.2, 0.25) is 0 Å². The molecule has 0 aromatic heterocycles. The van der Waals surface area contributed by atoms with Crippen molar-refractivity contribution in [3.63, 3.8) is 0 Å². The lowest BCUT2D eigenvalue weighted by Crippen LogP contribution is -2.34. The van der Waals surface area contributed by atoms with Gasteiger partial charge in [-0.1, -0.05) is 30.7 Å². The summed E-state index contributed by atoms with van der Waals surface area (Å²) in [5.74, 6) is 0. The summed E-state index contributed by atoms with van der Waals surface area (Å²) in [6.07, 6.45) is 3.72. The molecule has 0 aromatic rings. The SMILES string of the molecule is C=C(C)[C@]1(C)CCC(C)=C[C@@H]1O. The monoisotopic (exact) mass is 166 g/mol. The molecule has 12 heavy (non-hydrogen) atoms. The minimum Gasteiger partial charge on any atom is -0.388 e. The Balaban J connectivity index is 2.90. The average Bonchev–Trinajstić information content (AvgIpc) is 1.97. The van der Waals surface area contributed by atoms with Crippen LogP contribution < -0.4 is 0 Å². The van der Waals surface area contributed by atoms with E-state index in [-0.39, 0.29) is 11.5 Å². The van der Waals surface area contributed by atoms with E-state index in [1.54, 1.807) is 0 Å². The van der Waals surface area contributed by atoms with Gasteiger partial charge in [0.15, 0.2) is 0 Å². The Bertz CT molecular complexity index is 227. The fourth-order valence-corrected chi connectivity index (χ4v) is 1.61. The first-order valence-electron chi connectivity index (χ1n) is 4.48. The highest BCUT2D eigenvalue weighted by molar-refractivity contribution is 5.20. The van der Waals surface area contributed by atoms with Gasteiger partial charge in [-0.2, -0.15) is 0 Å². The summed E-state index contributed by atoms with van der Waals surface area (Å²) in [7, 11) is 0. The summed E-state index contributed by atoms with van der Waals surface area (Å²) < 4.78 is 0. The van der Waals surface area contributed by atoms with Crippen molar-refractivity contribution < 1.29 is 5.11 Å². The molecule has 0 heterocycles. The molecular formula is C11H18O. The molecule has 0 aromatic carbocycles. The molecule has 1 aliphatic carbocycles. The maximum Gasteiger partial charge on any atom is 0.0813 e. The number of aliphatic hydroxyl groups is 1. The van der Waals surface area contributed by atoms with Crippen LogP contribution in [0.5, 0.6) is 0 Å². The lowest BCUT2D eigenvalue weighted by Gasteiger charge is -2.37. The van der Waals surface area contributed by atoms with Crippen molar-refractivity contribution in [2.45, 2.75) is 39.7 Å². The zero-order chi connectivity index (χ0) is 9.35. The van der Waals surface area contributed by atoms with Gasteiger partial charge in [-0.05, 0) is 26.7 Å². The van der Waals surface area contributed by atoms with Crippen LogP contribution in [-0.2, 0) is 0 Å². The predicted molar refractivity (Wildman–Crippen MR) is 51.9 cm³/mol. The fraction of sp³-hybridized carbons (Fsp3) is 0.636. The third-order valence-electron chi connectivity index (χ3n) is 3.11. The molecule has 0 saturated carbocycles. The van der Waals surface area contributed by atoms with Gasteiger partial charge in [0.25, 0.3) is 0 Å². The van der Waals surface area contributed by atoms with Crippen molar-refractivity contribution in [3.05, 3.63) is 23.8 Å². The van der Waals surface area contributed by atoms with Crippen molar-refractivity contribution in [2.75, 3.05) is 0 Å². The van der Waals surface area contributed by atoms with E-state index in [0.717, 1.165) is 18.4 Å². The number of hydrogen-bond donors (Lipinski definition) is 1. The third kappa shape index (κ3) is 1.46. The maximum atomic E-state index is 9.83. The molecule has 0 bridgehead atoms. The Morgan fingerprint density at radius 3 is 2.75 bits per heavy atom. The van der Waals surface area contributed by atoms with Crippen molar-refractivity contribution in [2.24, 2.45) is 5.41 Å². The van der Waals surface area contributed by atoms with Gasteiger partial charge in [-0.25, -0.2) is 0 Å². The van der Waals surface area contributed by atoms with Crippen LogP contribution in [0, 0.1) is 5.41 Å². The Kier molecular flexibility index (Phi) is 2.43. The molecule has 1 N–H and O–H groups in total. The van der Waals surface area contributed by atoms with E-state index >= 15 is 0 Å². The fourth-order valence-electron chi connectivity index (χ4n) is 1.61. The van der Waals surface area contributed by atoms with Gasteiger partial charge < -0.3 is 5.11 Å². The number of rotatable bonds is 1. The number of allylic oxidation sites excluding steroid dienone is 1. The van der Waals surface area contributed by atoms with Crippen LogP contribution in [0.15, 0.2) is 23.8 Å². The Morgan fingerprint density at radius 2 is 2.33 bits per heavy atom. The van der Waals surface area contributed by atoms with Crippen LogP contribution in [-0.4, -0.2) is 11.2 Å². The maximum absolute atomic E-state index is 9.83. The molecule has 0 spiro atoms. The zero-order valence-electron chi connectivity index (χ0n) is 8.22. The van der Waals surface area contributed by atoms with Gasteiger partial charge in [-0.3, -0.25) is 0 Å². The average molecular weight is 166 g/mol. The highest BCUT2D eigenvalue weighted by atomic mass is 16.3. The van der Waals surface area contributed by atoms with E-state index < -0.39 is 0 Å². The largest absolute Gasteiger partial charge is 0.388 e. The van der Waals surface area contributed by atoms with Crippen LogP contribution in [0.3, 0.4) is 0 Å². The molecular weight excluding hydrogens is 148 g/mol. The van der Waals surface area contributed by atoms with E-state index in [0.29, 0.717) is 0 Å². The molecule has 68 valence electrons. The van der Waals surface area contributed by atoms with E-state index in [4.69, 9.17) is 0 Å². The van der Waals surface area contributed by atoms with Gasteiger partial charge in [0.2, 0.25) is 0 Å². The smallest absolute Gasteiger partial charge is 0.0813 e. The van der Waals surface area contributed by atoms with E-state index in [1.807, 2.05) is 13.0 Å². The normalized spacial score (nSPS) is 36.0. The Morgan fingerprint density at radius 1 is 1.75 bits per heavy atom. The van der Waals surface area contributed by atoms with Gasteiger partial charge in [0.1, 0.15) is 0 Å². The summed E-state index contributed by atoms with van der Waals surface area (Å²) in [5.41, 5.74) is 2.28. The summed E-state index contributed by atoms with van der Waals surface area (Å²) in [5, 5.41) is 9.83. The molecule has 0 unspecified atom stereocenters. The number of hydrogen-bond acceptors (Lipinski definition) is 1. The summed E-state index contributed by atoms with van der Waals surface area (Å²) in [4.78, 5) is 0. The summed E-state index contributed by atoms with van der Waals surface area (Å²) in [6, 6.07) is 0. The number of aliphatic hydroxyl groups excluding tert-OH is 1. The van der Waals surface area contributed by atoms with Crippen LogP contribution in [0.25, 0.3) is 0 Å². The minimum atomic E-state index is -0.344. The lowest BCUT2D eigenvalue weighted by molar-refractivity contribution is 0.0889. The van der Waals surface area contributed by atoms with Crippen molar-refractivity contribution in [3.8, 4) is 0 Å². The molecule has 1 nitrogen and oxygen atoms in total. The molecule has 0 fully saturated rings. The molecule has 1 heteroatoms. The minimum absolute atomic E-state index is 0.0977. The van der Waals surface area contributed by atoms with Crippen LogP contribution in [0.1, 0.15) is 33.6 Å². The standard InChI is InChI=1S/C11H18O/c1-8(2)11(4)6-5-9(3)7-10(11)12/h7,10,12H,1,5-6H2,2-4H3/t10-,11-/m0/s1. The highest BCUT2D eigenvalue weighted by Gasteiger charge is 2.34. The second-order valence-electron chi connectivity index (χ2n) is 4.16. The van der Waals surface area contributed by atoms with E-state index in [9.17, 15) is 5.11 Å². The topological polar surface area (TPSA) is 20.2 Å². The van der Waals surface area contributed by atoms with E-state index in [1.165, 1.54) is 5.57 Å². The molecule has 1 rings (SSSR count). The molecule has 0 aliphatic heterocycles. The molecule has 2 atom stereocenters. The van der Waals surface area contributed by atoms with Gasteiger partial charge in [0, 0.05) is 5.41 Å². The van der Waals surface area contributed by atoms with Gasteiger partial charge in [-0.15, -0.1) is 0 Å². The molecule has 0 radical (unpaired) electrons. The van der Waals surface area contributed by atoms with Crippen LogP contribution in [0.4, 0.5) is 0 Å². The first-order chi connectivity index (χ1) is 5.47. The zero-order valence-corrected chi connectivity index (χ0v) is 8.22. The van der Waals surface area contributed by atoms with Gasteiger partial charge >= 0.3 is 0 Å². The second-order valence-corrected chi connectivity index (χ2v) is 4.16. The molecule has 0 amide bonds. The first-order valence-corrected chi connectivity index (χ1v) is 4.48. The van der Waals surface area contributed by atoms with E-state index in [2.05, 4.69) is 20.4 Å². The molecule has 0 saturated heterocycles. The third-order valence-corrected chi connectivity index (χ3v) is 3.11. The lowest BCUT2D eigenvalue weighted by atomic mass is 9.70. The van der Waals surface area contributed by atoms with Crippen molar-refractivity contribution >= 4 is 0 Å². The first kappa shape index (κ1) is 9.53. The predicted octanol–water partition coefficient (Wildman–Crippen LogP) is 2.67. The summed E-state index contributed by atoms with van der Waals surface area (Å²) in [6.45, 7) is 10.1. The Labute approximate surface area is 74.8 Å². The van der Waals surface area contributed by atoms with Crippen molar-refractivity contribution in [1.29, 1.82) is 0 Å².